The average Bonchev–Trinajstić information content (AvgIpc) is 3.21. The van der Waals surface area contributed by atoms with Crippen molar-refractivity contribution in [2.45, 2.75) is 17.6 Å². The lowest BCUT2D eigenvalue weighted by Gasteiger charge is -2.15. The zero-order valence-electron chi connectivity index (χ0n) is 17.0. The van der Waals surface area contributed by atoms with Crippen molar-refractivity contribution < 1.29 is 30.4 Å². The van der Waals surface area contributed by atoms with E-state index in [2.05, 4.69) is 5.32 Å². The molecule has 0 bridgehead atoms. The van der Waals surface area contributed by atoms with Crippen LogP contribution >= 0.6 is 11.3 Å². The first-order valence-electron chi connectivity index (χ1n) is 9.30. The number of allylic oxidation sites excluding steroid dienone is 2. The van der Waals surface area contributed by atoms with Gasteiger partial charge in [-0.05, 0) is 42.0 Å². The van der Waals surface area contributed by atoms with Crippen LogP contribution in [0.15, 0.2) is 71.3 Å². The van der Waals surface area contributed by atoms with Crippen molar-refractivity contribution in [2.24, 2.45) is 0 Å². The van der Waals surface area contributed by atoms with Gasteiger partial charge in [0.1, 0.15) is 17.3 Å². The zero-order valence-corrected chi connectivity index (χ0v) is 18.6. The minimum Gasteiger partial charge on any atom is -0.377 e. The number of sulfone groups is 1. The van der Waals surface area contributed by atoms with Crippen LogP contribution in [0.2, 0.25) is 0 Å². The molecule has 33 heavy (non-hydrogen) atoms. The van der Waals surface area contributed by atoms with Crippen molar-refractivity contribution in [3.63, 3.8) is 0 Å². The average molecular weight is 501 g/mol. The van der Waals surface area contributed by atoms with E-state index in [4.69, 9.17) is 5.41 Å². The van der Waals surface area contributed by atoms with Crippen LogP contribution in [-0.2, 0) is 16.4 Å². The van der Waals surface area contributed by atoms with E-state index in [9.17, 15) is 30.4 Å². The predicted molar refractivity (Wildman–Crippen MR) is 117 cm³/mol. The maximum Gasteiger partial charge on any atom is 0.430 e. The number of benzene rings is 2. The Morgan fingerprint density at radius 2 is 1.82 bits per heavy atom. The monoisotopic (exact) mass is 500 g/mol. The van der Waals surface area contributed by atoms with Gasteiger partial charge in [-0.2, -0.15) is 13.2 Å². The fourth-order valence-electron chi connectivity index (χ4n) is 2.82. The number of nitrogens with one attached hydrogen (secondary N) is 2. The highest BCUT2D eigenvalue weighted by molar-refractivity contribution is 7.90. The Labute approximate surface area is 190 Å². The van der Waals surface area contributed by atoms with Crippen molar-refractivity contribution in [3.8, 4) is 10.4 Å². The molecule has 0 fully saturated rings. The van der Waals surface area contributed by atoms with Crippen molar-refractivity contribution in [1.82, 2.24) is 5.32 Å². The number of thiophene rings is 1. The van der Waals surface area contributed by atoms with Crippen LogP contribution in [0.3, 0.4) is 0 Å². The molecule has 0 aliphatic carbocycles. The van der Waals surface area contributed by atoms with E-state index in [1.807, 2.05) is 0 Å². The quantitative estimate of drug-likeness (QED) is 0.323. The summed E-state index contributed by atoms with van der Waals surface area (Å²) in [5, 5.41) is 10.2. The second-order valence-corrected chi connectivity index (χ2v) is 10.1. The first-order valence-corrected chi connectivity index (χ1v) is 12.0. The third-order valence-electron chi connectivity index (χ3n) is 4.50. The number of hydrogen-bond donors (Lipinski definition) is 2. The molecule has 174 valence electrons. The SMILES string of the molecule is CS(=O)(=O)c1cccc(-c2ccc(C(=N)/C=C(\NCc3ccc(F)cc3F)C(F)(F)F)s2)c1. The minimum atomic E-state index is -4.84. The van der Waals surface area contributed by atoms with Gasteiger partial charge in [-0.1, -0.05) is 18.2 Å². The van der Waals surface area contributed by atoms with Crippen LogP contribution in [-0.4, -0.2) is 26.6 Å². The lowest BCUT2D eigenvalue weighted by molar-refractivity contribution is -0.0968. The van der Waals surface area contributed by atoms with E-state index in [-0.39, 0.29) is 15.3 Å². The van der Waals surface area contributed by atoms with Crippen molar-refractivity contribution in [2.75, 3.05) is 6.26 Å². The van der Waals surface area contributed by atoms with E-state index in [0.717, 1.165) is 29.7 Å². The zero-order chi connectivity index (χ0) is 24.4. The normalized spacial score (nSPS) is 12.6. The van der Waals surface area contributed by atoms with E-state index in [0.29, 0.717) is 22.6 Å². The molecule has 1 aromatic heterocycles. The predicted octanol–water partition coefficient (Wildman–Crippen LogP) is 5.70. The van der Waals surface area contributed by atoms with Gasteiger partial charge in [-0.3, -0.25) is 5.41 Å². The lowest BCUT2D eigenvalue weighted by Crippen LogP contribution is -2.27. The fourth-order valence-corrected chi connectivity index (χ4v) is 4.41. The summed E-state index contributed by atoms with van der Waals surface area (Å²) in [4.78, 5) is 0.885. The Kier molecular flexibility index (Phi) is 7.03. The molecule has 0 saturated carbocycles. The molecule has 11 heteroatoms. The number of hydrogen-bond acceptors (Lipinski definition) is 5. The largest absolute Gasteiger partial charge is 0.430 e. The summed E-state index contributed by atoms with van der Waals surface area (Å²) in [6.07, 6.45) is -3.19. The summed E-state index contributed by atoms with van der Waals surface area (Å²) in [5.41, 5.74) is -1.32. The molecule has 3 aromatic rings. The molecule has 0 unspecified atom stereocenters. The summed E-state index contributed by atoms with van der Waals surface area (Å²) in [5.74, 6) is -1.83. The molecular weight excluding hydrogens is 483 g/mol. The highest BCUT2D eigenvalue weighted by Crippen LogP contribution is 2.31. The first kappa shape index (κ1) is 24.6. The lowest BCUT2D eigenvalue weighted by atomic mass is 10.2. The first-order chi connectivity index (χ1) is 15.3. The Morgan fingerprint density at radius 1 is 1.09 bits per heavy atom. The van der Waals surface area contributed by atoms with Crippen molar-refractivity contribution >= 4 is 26.9 Å². The van der Waals surface area contributed by atoms with Crippen LogP contribution in [0.1, 0.15) is 10.4 Å². The molecule has 0 radical (unpaired) electrons. The summed E-state index contributed by atoms with van der Waals surface area (Å²) in [6, 6.07) is 11.7. The van der Waals surface area contributed by atoms with Gasteiger partial charge in [0.25, 0.3) is 0 Å². The van der Waals surface area contributed by atoms with Gasteiger partial charge >= 0.3 is 6.18 Å². The molecule has 2 aromatic carbocycles. The maximum atomic E-state index is 13.7. The highest BCUT2D eigenvalue weighted by atomic mass is 32.2. The van der Waals surface area contributed by atoms with Gasteiger partial charge in [0.15, 0.2) is 9.84 Å². The third kappa shape index (κ3) is 6.26. The number of rotatable bonds is 7. The maximum absolute atomic E-state index is 13.7. The second-order valence-electron chi connectivity index (χ2n) is 7.02. The van der Waals surface area contributed by atoms with Gasteiger partial charge in [-0.15, -0.1) is 11.3 Å². The van der Waals surface area contributed by atoms with E-state index in [1.165, 1.54) is 18.2 Å². The third-order valence-corrected chi connectivity index (χ3v) is 6.77. The summed E-state index contributed by atoms with van der Waals surface area (Å²) in [7, 11) is -3.44. The smallest absolute Gasteiger partial charge is 0.377 e. The molecule has 3 rings (SSSR count). The van der Waals surface area contributed by atoms with Gasteiger partial charge in [0.2, 0.25) is 0 Å². The van der Waals surface area contributed by atoms with Gasteiger partial charge < -0.3 is 5.32 Å². The second kappa shape index (κ2) is 9.44. The fraction of sp³-hybridized carbons (Fsp3) is 0.136. The summed E-state index contributed by atoms with van der Waals surface area (Å²) < 4.78 is 90.6. The summed E-state index contributed by atoms with van der Waals surface area (Å²) in [6.45, 7) is -0.557. The molecular formula is C22H17F5N2O2S2. The standard InChI is InChI=1S/C22H17F5N2O2S2/c1-33(30,31)16-4-2-3-13(9-16)19-7-8-20(32-19)18(28)11-21(22(25,26)27)29-12-14-5-6-15(23)10-17(14)24/h2-11,28-29H,12H2,1H3/b21-11-,28-18?. The molecule has 1 heterocycles. The number of alkyl halides is 3. The Balaban J connectivity index is 1.84. The number of halogens is 5. The molecule has 0 saturated heterocycles. The van der Waals surface area contributed by atoms with E-state index in [1.54, 1.807) is 18.2 Å². The molecule has 0 atom stereocenters. The van der Waals surface area contributed by atoms with Crippen molar-refractivity contribution in [1.29, 1.82) is 5.41 Å². The molecule has 0 aliphatic rings. The topological polar surface area (TPSA) is 70.0 Å². The van der Waals surface area contributed by atoms with Gasteiger partial charge in [0, 0.05) is 29.3 Å². The Hall–Kier alpha value is -3.05. The van der Waals surface area contributed by atoms with E-state index >= 15 is 0 Å². The minimum absolute atomic E-state index is 0.0986. The van der Waals surface area contributed by atoms with Crippen LogP contribution in [0.5, 0.6) is 0 Å². The molecule has 0 amide bonds. The van der Waals surface area contributed by atoms with Gasteiger partial charge in [-0.25, -0.2) is 17.2 Å². The molecule has 4 nitrogen and oxygen atoms in total. The van der Waals surface area contributed by atoms with E-state index < -0.39 is 45.6 Å². The summed E-state index contributed by atoms with van der Waals surface area (Å²) >= 11 is 1.02. The molecule has 0 aliphatic heterocycles. The Morgan fingerprint density at radius 3 is 2.45 bits per heavy atom. The van der Waals surface area contributed by atoms with Crippen LogP contribution in [0.25, 0.3) is 10.4 Å². The van der Waals surface area contributed by atoms with Crippen LogP contribution in [0, 0.1) is 17.0 Å². The van der Waals surface area contributed by atoms with Gasteiger partial charge in [0.05, 0.1) is 15.5 Å². The van der Waals surface area contributed by atoms with Crippen LogP contribution in [0.4, 0.5) is 22.0 Å². The van der Waals surface area contributed by atoms with Crippen LogP contribution < -0.4 is 5.32 Å². The molecule has 0 spiro atoms. The Bertz CT molecular complexity index is 1330. The van der Waals surface area contributed by atoms with Crippen molar-refractivity contribution in [3.05, 3.63) is 88.4 Å². The highest BCUT2D eigenvalue weighted by Gasteiger charge is 2.34. The molecule has 2 N–H and O–H groups in total.